The molecule has 0 saturated carbocycles. The van der Waals surface area contributed by atoms with Crippen LogP contribution in [0, 0.1) is 0 Å². The predicted molar refractivity (Wildman–Crippen MR) is 105 cm³/mol. The molecule has 0 aliphatic carbocycles. The van der Waals surface area contributed by atoms with Crippen LogP contribution in [0.3, 0.4) is 0 Å². The van der Waals surface area contributed by atoms with Crippen molar-refractivity contribution in [2.24, 2.45) is 0 Å². The minimum atomic E-state index is -0.756. The number of para-hydroxylation sites is 1. The van der Waals surface area contributed by atoms with E-state index in [4.69, 9.17) is 0 Å². The summed E-state index contributed by atoms with van der Waals surface area (Å²) in [6.07, 6.45) is 3.44. The van der Waals surface area contributed by atoms with Gasteiger partial charge in [-0.1, -0.05) is 52.3 Å². The van der Waals surface area contributed by atoms with Gasteiger partial charge in [0.05, 0.1) is 11.6 Å². The maximum Gasteiger partial charge on any atom is 0.320 e. The molecule has 2 unspecified atom stereocenters. The summed E-state index contributed by atoms with van der Waals surface area (Å²) in [5, 5.41) is 10.8. The Balaban J connectivity index is 1.87. The molecule has 5 heteroatoms. The maximum absolute atomic E-state index is 11.8. The summed E-state index contributed by atoms with van der Waals surface area (Å²) in [6, 6.07) is 17.5. The molecule has 26 heavy (non-hydrogen) atoms. The first-order valence-corrected chi connectivity index (χ1v) is 9.52. The molecule has 1 N–H and O–H groups in total. The van der Waals surface area contributed by atoms with Gasteiger partial charge in [0.25, 0.3) is 0 Å². The molecule has 2 heterocycles. The number of pyridine rings is 1. The number of halogens is 1. The van der Waals surface area contributed by atoms with Crippen LogP contribution in [0.2, 0.25) is 0 Å². The Kier molecular flexibility index (Phi) is 4.74. The Bertz CT molecular complexity index is 959. The van der Waals surface area contributed by atoms with Crippen molar-refractivity contribution in [2.45, 2.75) is 24.9 Å². The zero-order valence-corrected chi connectivity index (χ0v) is 15.8. The van der Waals surface area contributed by atoms with Gasteiger partial charge in [0, 0.05) is 22.6 Å². The highest BCUT2D eigenvalue weighted by atomic mass is 79.9. The van der Waals surface area contributed by atoms with Gasteiger partial charge in [-0.15, -0.1) is 0 Å². The fourth-order valence-electron chi connectivity index (χ4n) is 3.85. The molecule has 0 bridgehead atoms. The van der Waals surface area contributed by atoms with E-state index < -0.39 is 12.0 Å². The summed E-state index contributed by atoms with van der Waals surface area (Å²) < 4.78 is 0.981. The quantitative estimate of drug-likeness (QED) is 0.680. The van der Waals surface area contributed by atoms with Crippen molar-refractivity contribution in [1.29, 1.82) is 0 Å². The number of hydrogen-bond donors (Lipinski definition) is 1. The van der Waals surface area contributed by atoms with Crippen molar-refractivity contribution in [1.82, 2.24) is 9.88 Å². The van der Waals surface area contributed by atoms with Crippen LogP contribution in [-0.4, -0.2) is 33.5 Å². The topological polar surface area (TPSA) is 53.4 Å². The molecule has 4 nitrogen and oxygen atoms in total. The van der Waals surface area contributed by atoms with Crippen LogP contribution >= 0.6 is 15.9 Å². The van der Waals surface area contributed by atoms with Crippen molar-refractivity contribution < 1.29 is 9.90 Å². The van der Waals surface area contributed by atoms with Gasteiger partial charge >= 0.3 is 5.97 Å². The summed E-state index contributed by atoms with van der Waals surface area (Å²) in [6.45, 7) is 0.760. The minimum absolute atomic E-state index is 0.147. The number of likely N-dealkylation sites (tertiary alicyclic amines) is 1. The number of rotatable bonds is 4. The zero-order valence-electron chi connectivity index (χ0n) is 14.2. The van der Waals surface area contributed by atoms with Crippen molar-refractivity contribution >= 4 is 32.8 Å². The first-order chi connectivity index (χ1) is 12.6. The molecular weight excluding hydrogens is 392 g/mol. The largest absolute Gasteiger partial charge is 0.480 e. The Morgan fingerprint density at radius 3 is 2.77 bits per heavy atom. The number of nitrogens with zero attached hydrogens (tertiary/aromatic N) is 2. The predicted octanol–water partition coefficient (Wildman–Crippen LogP) is 4.64. The number of carboxylic acid groups (broad SMARTS) is 1. The lowest BCUT2D eigenvalue weighted by molar-refractivity contribution is -0.142. The third-order valence-electron chi connectivity index (χ3n) is 5.04. The molecule has 0 spiro atoms. The van der Waals surface area contributed by atoms with Crippen LogP contribution in [0.5, 0.6) is 0 Å². The molecule has 0 amide bonds. The average Bonchev–Trinajstić information content (AvgIpc) is 3.13. The van der Waals surface area contributed by atoms with Crippen LogP contribution in [0.25, 0.3) is 10.9 Å². The van der Waals surface area contributed by atoms with Crippen LogP contribution in [0.4, 0.5) is 0 Å². The number of aromatic nitrogens is 1. The van der Waals surface area contributed by atoms with E-state index in [0.717, 1.165) is 39.5 Å². The van der Waals surface area contributed by atoms with E-state index in [1.807, 2.05) is 48.7 Å². The maximum atomic E-state index is 11.8. The molecule has 2 aromatic carbocycles. The number of fused-ring (bicyclic) bond motifs is 1. The Morgan fingerprint density at radius 1 is 1.19 bits per heavy atom. The van der Waals surface area contributed by atoms with E-state index >= 15 is 0 Å². The second kappa shape index (κ2) is 7.17. The highest BCUT2D eigenvalue weighted by Gasteiger charge is 2.37. The van der Waals surface area contributed by atoms with Gasteiger partial charge in [-0.05, 0) is 42.2 Å². The van der Waals surface area contributed by atoms with Gasteiger partial charge in [-0.3, -0.25) is 14.7 Å². The summed E-state index contributed by atoms with van der Waals surface area (Å²) in [5.41, 5.74) is 3.03. The van der Waals surface area contributed by atoms with Crippen LogP contribution < -0.4 is 0 Å². The van der Waals surface area contributed by atoms with Crippen molar-refractivity contribution in [3.05, 3.63) is 76.4 Å². The van der Waals surface area contributed by atoms with E-state index in [-0.39, 0.29) is 6.04 Å². The molecule has 2 atom stereocenters. The second-order valence-electron chi connectivity index (χ2n) is 6.62. The number of benzene rings is 2. The Labute approximate surface area is 160 Å². The molecule has 0 radical (unpaired) electrons. The highest BCUT2D eigenvalue weighted by molar-refractivity contribution is 9.10. The highest BCUT2D eigenvalue weighted by Crippen LogP contribution is 2.38. The molecule has 1 saturated heterocycles. The zero-order chi connectivity index (χ0) is 18.1. The van der Waals surface area contributed by atoms with E-state index in [1.54, 1.807) is 0 Å². The first kappa shape index (κ1) is 17.2. The van der Waals surface area contributed by atoms with E-state index in [0.29, 0.717) is 6.42 Å². The van der Waals surface area contributed by atoms with Gasteiger partial charge in [0.1, 0.15) is 6.04 Å². The number of hydrogen-bond acceptors (Lipinski definition) is 3. The van der Waals surface area contributed by atoms with E-state index in [9.17, 15) is 9.90 Å². The molecule has 1 aliphatic heterocycles. The smallest absolute Gasteiger partial charge is 0.320 e. The first-order valence-electron chi connectivity index (χ1n) is 8.73. The molecule has 3 aromatic rings. The second-order valence-corrected chi connectivity index (χ2v) is 7.47. The van der Waals surface area contributed by atoms with Gasteiger partial charge in [0.15, 0.2) is 0 Å². The number of carboxylic acids is 1. The Morgan fingerprint density at radius 2 is 1.96 bits per heavy atom. The van der Waals surface area contributed by atoms with Gasteiger partial charge in [-0.2, -0.15) is 0 Å². The summed E-state index contributed by atoms with van der Waals surface area (Å²) >= 11 is 3.65. The molecule has 132 valence electrons. The van der Waals surface area contributed by atoms with Crippen molar-refractivity contribution in [3.63, 3.8) is 0 Å². The normalized spacial score (nSPS) is 18.9. The van der Waals surface area contributed by atoms with Crippen LogP contribution in [0.15, 0.2) is 65.3 Å². The molecule has 1 aliphatic rings. The monoisotopic (exact) mass is 410 g/mol. The van der Waals surface area contributed by atoms with Crippen LogP contribution in [0.1, 0.15) is 30.0 Å². The lowest BCUT2D eigenvalue weighted by Crippen LogP contribution is -2.39. The lowest BCUT2D eigenvalue weighted by atomic mass is 9.96. The summed E-state index contributed by atoms with van der Waals surface area (Å²) in [7, 11) is 0. The standard InChI is InChI=1S/C21H19BrN2O2/c22-17-8-3-2-7-16(17)20(24-11-5-10-19(24)21(25)26)15-12-14-6-1-4-9-18(14)23-13-15/h1-4,6-9,12-13,19-20H,5,10-11H2,(H,25,26). The van der Waals surface area contributed by atoms with Crippen LogP contribution in [-0.2, 0) is 4.79 Å². The van der Waals surface area contributed by atoms with E-state index in [2.05, 4.69) is 37.9 Å². The third kappa shape index (κ3) is 3.13. The molecule has 1 aromatic heterocycles. The molecule has 4 rings (SSSR count). The summed E-state index contributed by atoms with van der Waals surface area (Å²) in [4.78, 5) is 18.5. The number of aliphatic carboxylic acids is 1. The molecular formula is C21H19BrN2O2. The fourth-order valence-corrected chi connectivity index (χ4v) is 4.35. The van der Waals surface area contributed by atoms with E-state index in [1.165, 1.54) is 0 Å². The number of carbonyl (C=O) groups is 1. The van der Waals surface area contributed by atoms with Gasteiger partial charge in [-0.25, -0.2) is 0 Å². The SMILES string of the molecule is O=C(O)C1CCCN1C(c1cnc2ccccc2c1)c1ccccc1Br. The van der Waals surface area contributed by atoms with Gasteiger partial charge < -0.3 is 5.11 Å². The minimum Gasteiger partial charge on any atom is -0.480 e. The fraction of sp³-hybridized carbons (Fsp3) is 0.238. The van der Waals surface area contributed by atoms with Crippen molar-refractivity contribution in [3.8, 4) is 0 Å². The molecule has 1 fully saturated rings. The lowest BCUT2D eigenvalue weighted by Gasteiger charge is -2.32. The summed E-state index contributed by atoms with van der Waals surface area (Å²) in [5.74, 6) is -0.756. The third-order valence-corrected chi connectivity index (χ3v) is 5.76. The van der Waals surface area contributed by atoms with Gasteiger partial charge in [0.2, 0.25) is 0 Å². The Hall–Kier alpha value is -2.24. The van der Waals surface area contributed by atoms with Crippen molar-refractivity contribution in [2.75, 3.05) is 6.54 Å². The average molecular weight is 411 g/mol.